The Morgan fingerprint density at radius 3 is 2.52 bits per heavy atom. The lowest BCUT2D eigenvalue weighted by molar-refractivity contribution is -0.270. The number of carbonyl (C=O) groups is 1. The molecule has 3 nitrogen and oxygen atoms in total. The fraction of sp³-hybridized carbons (Fsp3) is 0.462. The van der Waals surface area contributed by atoms with E-state index in [0.717, 1.165) is 5.56 Å². The number of nitrogen functional groups attached to an aromatic ring is 1. The summed E-state index contributed by atoms with van der Waals surface area (Å²) in [4.78, 5) is 11.3. The van der Waals surface area contributed by atoms with Gasteiger partial charge in [-0.2, -0.15) is 22.0 Å². The van der Waals surface area contributed by atoms with Crippen LogP contribution >= 0.6 is 0 Å². The predicted molar refractivity (Wildman–Crippen MR) is 65.7 cm³/mol. The monoisotopic (exact) mass is 308 g/mol. The first-order chi connectivity index (χ1) is 9.63. The van der Waals surface area contributed by atoms with E-state index in [-0.39, 0.29) is 0 Å². The number of alkyl halides is 5. The summed E-state index contributed by atoms with van der Waals surface area (Å²) in [6.07, 6.45) is -4.40. The van der Waals surface area contributed by atoms with Gasteiger partial charge in [-0.1, -0.05) is 6.07 Å². The predicted octanol–water partition coefficient (Wildman–Crippen LogP) is 2.96. The van der Waals surface area contributed by atoms with Gasteiger partial charge in [0.05, 0.1) is 6.04 Å². The summed E-state index contributed by atoms with van der Waals surface area (Å²) in [6.45, 7) is 0. The van der Waals surface area contributed by atoms with E-state index < -0.39 is 24.0 Å². The summed E-state index contributed by atoms with van der Waals surface area (Å²) in [7, 11) is 0. The fourth-order valence-corrected chi connectivity index (χ4v) is 2.36. The van der Waals surface area contributed by atoms with Crippen molar-refractivity contribution in [3.63, 3.8) is 0 Å². The Balaban J connectivity index is 2.21. The second-order valence-electron chi connectivity index (χ2n) is 4.95. The molecular weight excluding hydrogens is 295 g/mol. The first-order valence-electron chi connectivity index (χ1n) is 6.26. The summed E-state index contributed by atoms with van der Waals surface area (Å²) in [5, 5.41) is 1.79. The topological polar surface area (TPSA) is 55.1 Å². The van der Waals surface area contributed by atoms with E-state index in [4.69, 9.17) is 5.73 Å². The zero-order chi connectivity index (χ0) is 15.8. The van der Waals surface area contributed by atoms with Gasteiger partial charge in [0.2, 0.25) is 0 Å². The molecule has 1 aliphatic rings. The molecule has 3 N–H and O–H groups in total. The number of nitrogens with two attached hydrogens (primary N) is 1. The van der Waals surface area contributed by atoms with Crippen LogP contribution in [0.4, 0.5) is 27.6 Å². The lowest BCUT2D eigenvalue weighted by atomic mass is 9.87. The van der Waals surface area contributed by atoms with E-state index in [9.17, 15) is 26.7 Å². The highest BCUT2D eigenvalue weighted by Gasteiger charge is 2.63. The minimum Gasteiger partial charge on any atom is -0.399 e. The number of hydrogen-bond acceptors (Lipinski definition) is 2. The lowest BCUT2D eigenvalue weighted by Gasteiger charge is -2.28. The maximum absolute atomic E-state index is 13.0. The maximum atomic E-state index is 13.0. The summed E-state index contributed by atoms with van der Waals surface area (Å²) >= 11 is 0. The van der Waals surface area contributed by atoms with Gasteiger partial charge in [-0.3, -0.25) is 4.79 Å². The maximum Gasteiger partial charge on any atom is 0.463 e. The molecule has 0 spiro atoms. The molecule has 1 unspecified atom stereocenters. The largest absolute Gasteiger partial charge is 0.463 e. The first-order valence-corrected chi connectivity index (χ1v) is 6.26. The second-order valence-corrected chi connectivity index (χ2v) is 4.95. The molecule has 2 rings (SSSR count). The molecule has 0 aliphatic heterocycles. The van der Waals surface area contributed by atoms with E-state index in [0.29, 0.717) is 30.5 Å². The van der Waals surface area contributed by atoms with Crippen molar-refractivity contribution in [1.29, 1.82) is 0 Å². The van der Waals surface area contributed by atoms with Gasteiger partial charge in [0.1, 0.15) is 0 Å². The molecule has 0 heterocycles. The number of carbonyl (C=O) groups excluding carboxylic acids is 1. The van der Waals surface area contributed by atoms with Crippen LogP contribution < -0.4 is 11.1 Å². The average molecular weight is 308 g/mol. The van der Waals surface area contributed by atoms with Crippen molar-refractivity contribution >= 4 is 11.6 Å². The Hall–Kier alpha value is -1.86. The second kappa shape index (κ2) is 5.16. The van der Waals surface area contributed by atoms with E-state index in [1.54, 1.807) is 17.4 Å². The van der Waals surface area contributed by atoms with Gasteiger partial charge in [0.25, 0.3) is 0 Å². The van der Waals surface area contributed by atoms with Gasteiger partial charge in [-0.25, -0.2) is 0 Å². The average Bonchev–Trinajstić information content (AvgIpc) is 2.37. The van der Waals surface area contributed by atoms with Crippen molar-refractivity contribution in [1.82, 2.24) is 5.32 Å². The van der Waals surface area contributed by atoms with Crippen molar-refractivity contribution < 1.29 is 26.7 Å². The molecule has 0 aromatic heterocycles. The van der Waals surface area contributed by atoms with Gasteiger partial charge in [-0.15, -0.1) is 0 Å². The van der Waals surface area contributed by atoms with Crippen LogP contribution in [0.1, 0.15) is 30.0 Å². The van der Waals surface area contributed by atoms with Crippen LogP contribution in [0.2, 0.25) is 0 Å². The summed E-state index contributed by atoms with van der Waals surface area (Å²) in [6, 6.07) is 3.83. The Labute approximate surface area is 117 Å². The van der Waals surface area contributed by atoms with Gasteiger partial charge in [0, 0.05) is 5.69 Å². The molecule has 0 fully saturated rings. The smallest absolute Gasteiger partial charge is 0.399 e. The number of rotatable bonds is 2. The number of amides is 1. The standard InChI is InChI=1S/C13H13F5N2O/c14-12(15,13(16,17)18)11(21)20-10-3-1-2-7-6-8(19)4-5-9(7)10/h4-6,10H,1-3,19H2,(H,20,21). The number of anilines is 1. The summed E-state index contributed by atoms with van der Waals surface area (Å²) < 4.78 is 62.4. The van der Waals surface area contributed by atoms with Crippen LogP contribution in [0.25, 0.3) is 0 Å². The number of fused-ring (bicyclic) bond motifs is 1. The van der Waals surface area contributed by atoms with Gasteiger partial charge >= 0.3 is 18.0 Å². The lowest BCUT2D eigenvalue weighted by Crippen LogP contribution is -2.51. The molecule has 0 saturated carbocycles. The summed E-state index contributed by atoms with van der Waals surface area (Å²) in [5.41, 5.74) is 7.35. The SMILES string of the molecule is Nc1ccc2c(c1)CCCC2NC(=O)C(F)(F)C(F)(F)F. The molecule has 0 saturated heterocycles. The third-order valence-electron chi connectivity index (χ3n) is 3.43. The number of nitrogens with one attached hydrogen (secondary N) is 1. The van der Waals surface area contributed by atoms with Crippen LogP contribution in [-0.2, 0) is 11.2 Å². The molecule has 8 heteroatoms. The minimum atomic E-state index is -5.91. The van der Waals surface area contributed by atoms with Crippen molar-refractivity contribution in [2.75, 3.05) is 5.73 Å². The van der Waals surface area contributed by atoms with E-state index in [1.165, 1.54) is 6.07 Å². The third kappa shape index (κ3) is 2.93. The molecule has 21 heavy (non-hydrogen) atoms. The molecule has 1 aromatic carbocycles. The quantitative estimate of drug-likeness (QED) is 0.652. The van der Waals surface area contributed by atoms with E-state index in [1.807, 2.05) is 0 Å². The molecule has 0 radical (unpaired) electrons. The number of aryl methyl sites for hydroxylation is 1. The van der Waals surface area contributed by atoms with Crippen molar-refractivity contribution in [2.45, 2.75) is 37.4 Å². The Morgan fingerprint density at radius 2 is 1.90 bits per heavy atom. The molecule has 1 amide bonds. The van der Waals surface area contributed by atoms with Crippen LogP contribution in [0.5, 0.6) is 0 Å². The van der Waals surface area contributed by atoms with Gasteiger partial charge in [0.15, 0.2) is 0 Å². The van der Waals surface area contributed by atoms with Gasteiger partial charge in [-0.05, 0) is 42.5 Å². The molecule has 0 bridgehead atoms. The fourth-order valence-electron chi connectivity index (χ4n) is 2.36. The highest BCUT2D eigenvalue weighted by atomic mass is 19.4. The zero-order valence-corrected chi connectivity index (χ0v) is 10.8. The van der Waals surface area contributed by atoms with Crippen molar-refractivity contribution in [3.05, 3.63) is 29.3 Å². The highest BCUT2D eigenvalue weighted by Crippen LogP contribution is 2.37. The van der Waals surface area contributed by atoms with Crippen molar-refractivity contribution in [2.24, 2.45) is 0 Å². The Morgan fingerprint density at radius 1 is 1.24 bits per heavy atom. The van der Waals surface area contributed by atoms with Crippen LogP contribution in [0.15, 0.2) is 18.2 Å². The van der Waals surface area contributed by atoms with Crippen LogP contribution in [0.3, 0.4) is 0 Å². The molecular formula is C13H13F5N2O. The molecule has 1 atom stereocenters. The molecule has 1 aromatic rings. The third-order valence-corrected chi connectivity index (χ3v) is 3.43. The number of hydrogen-bond donors (Lipinski definition) is 2. The first kappa shape index (κ1) is 15.5. The van der Waals surface area contributed by atoms with Crippen molar-refractivity contribution in [3.8, 4) is 0 Å². The number of benzene rings is 1. The highest BCUT2D eigenvalue weighted by molar-refractivity contribution is 5.84. The number of halogens is 5. The Bertz CT molecular complexity index is 556. The normalized spacial score (nSPS) is 19.0. The molecule has 1 aliphatic carbocycles. The van der Waals surface area contributed by atoms with Crippen LogP contribution in [0, 0.1) is 0 Å². The Kier molecular flexibility index (Phi) is 3.81. The van der Waals surface area contributed by atoms with Crippen LogP contribution in [-0.4, -0.2) is 18.0 Å². The van der Waals surface area contributed by atoms with E-state index >= 15 is 0 Å². The summed E-state index contributed by atoms with van der Waals surface area (Å²) in [5.74, 6) is -7.73. The molecule has 116 valence electrons. The van der Waals surface area contributed by atoms with Gasteiger partial charge < -0.3 is 11.1 Å². The zero-order valence-electron chi connectivity index (χ0n) is 10.8. The van der Waals surface area contributed by atoms with E-state index in [2.05, 4.69) is 0 Å². The minimum absolute atomic E-state index is 0.302.